The number of ketones is 1. The summed E-state index contributed by atoms with van der Waals surface area (Å²) in [6.07, 6.45) is 10.3. The number of Topliss-reactive ketones (excluding diaryl/α,β-unsaturated/α-hetero) is 1. The first-order valence-electron chi connectivity index (χ1n) is 5.99. The molecule has 2 atom stereocenters. The Morgan fingerprint density at radius 1 is 1.20 bits per heavy atom. The van der Waals surface area contributed by atoms with Crippen LogP contribution < -0.4 is 0 Å². The fourth-order valence-corrected chi connectivity index (χ4v) is 3.81. The highest BCUT2D eigenvalue weighted by Gasteiger charge is 2.49. The third kappa shape index (κ3) is 1.12. The molecule has 2 bridgehead atoms. The van der Waals surface area contributed by atoms with Crippen LogP contribution in [0.4, 0.5) is 0 Å². The molecule has 1 fully saturated rings. The van der Waals surface area contributed by atoms with Crippen molar-refractivity contribution in [2.24, 2.45) is 10.8 Å². The summed E-state index contributed by atoms with van der Waals surface area (Å²) in [4.78, 5) is 11.7. The van der Waals surface area contributed by atoms with Crippen LogP contribution in [0.25, 0.3) is 0 Å². The molecule has 80 valence electrons. The van der Waals surface area contributed by atoms with Gasteiger partial charge in [-0.05, 0) is 43.6 Å². The zero-order chi connectivity index (χ0) is 10.7. The van der Waals surface area contributed by atoms with Crippen LogP contribution in [0.15, 0.2) is 23.3 Å². The van der Waals surface area contributed by atoms with Gasteiger partial charge < -0.3 is 0 Å². The molecule has 1 spiro atoms. The maximum atomic E-state index is 11.7. The highest BCUT2D eigenvalue weighted by molar-refractivity contribution is 5.97. The number of rotatable bonds is 0. The van der Waals surface area contributed by atoms with E-state index in [1.54, 1.807) is 0 Å². The molecule has 1 saturated carbocycles. The fraction of sp³-hybridized carbons (Fsp3) is 0.643. The van der Waals surface area contributed by atoms with Crippen molar-refractivity contribution in [2.45, 2.75) is 46.0 Å². The third-order valence-corrected chi connectivity index (χ3v) is 4.74. The maximum absolute atomic E-state index is 11.7. The molecule has 3 rings (SSSR count). The molecule has 3 aliphatic carbocycles. The standard InChI is InChI=1S/C14H18O/c1-10-11-3-5-13(2)7-8-14(11,9-13)6-4-12(10)15/h7-8H,3-6,9H2,1-2H3. The van der Waals surface area contributed by atoms with Crippen molar-refractivity contribution in [3.8, 4) is 0 Å². The van der Waals surface area contributed by atoms with Gasteiger partial charge in [-0.25, -0.2) is 0 Å². The lowest BCUT2D eigenvalue weighted by Gasteiger charge is -2.43. The van der Waals surface area contributed by atoms with E-state index in [9.17, 15) is 4.79 Å². The van der Waals surface area contributed by atoms with Gasteiger partial charge in [0.25, 0.3) is 0 Å². The normalized spacial score (nSPS) is 43.5. The highest BCUT2D eigenvalue weighted by atomic mass is 16.1. The topological polar surface area (TPSA) is 17.1 Å². The van der Waals surface area contributed by atoms with Crippen molar-refractivity contribution >= 4 is 5.78 Å². The van der Waals surface area contributed by atoms with Crippen LogP contribution in [0.2, 0.25) is 0 Å². The first-order valence-corrected chi connectivity index (χ1v) is 5.99. The Kier molecular flexibility index (Phi) is 1.65. The number of allylic oxidation sites excluding steroid dienone is 4. The van der Waals surface area contributed by atoms with Crippen LogP contribution >= 0.6 is 0 Å². The average molecular weight is 202 g/mol. The van der Waals surface area contributed by atoms with E-state index in [-0.39, 0.29) is 5.41 Å². The molecule has 0 amide bonds. The third-order valence-electron chi connectivity index (χ3n) is 4.74. The number of carbonyl (C=O) groups is 1. The lowest BCUT2D eigenvalue weighted by Crippen LogP contribution is -2.34. The minimum Gasteiger partial charge on any atom is -0.295 e. The second-order valence-electron chi connectivity index (χ2n) is 5.85. The van der Waals surface area contributed by atoms with Gasteiger partial charge in [0, 0.05) is 11.8 Å². The van der Waals surface area contributed by atoms with Crippen LogP contribution in [0, 0.1) is 10.8 Å². The number of fused-ring (bicyclic) bond motifs is 1. The molecule has 0 N–H and O–H groups in total. The van der Waals surface area contributed by atoms with Crippen molar-refractivity contribution in [3.05, 3.63) is 23.3 Å². The smallest absolute Gasteiger partial charge is 0.158 e. The summed E-state index contributed by atoms with van der Waals surface area (Å²) >= 11 is 0. The monoisotopic (exact) mass is 202 g/mol. The molecule has 0 heterocycles. The molecule has 15 heavy (non-hydrogen) atoms. The molecule has 2 unspecified atom stereocenters. The predicted octanol–water partition coefficient (Wildman–Crippen LogP) is 3.41. The molecule has 0 aliphatic heterocycles. The Hall–Kier alpha value is -0.850. The first-order chi connectivity index (χ1) is 7.05. The molecular formula is C14H18O. The molecule has 1 nitrogen and oxygen atoms in total. The molecular weight excluding hydrogens is 184 g/mol. The minimum atomic E-state index is 0.283. The van der Waals surface area contributed by atoms with E-state index in [4.69, 9.17) is 0 Å². The first kappa shape index (κ1) is 9.38. The summed E-state index contributed by atoms with van der Waals surface area (Å²) in [7, 11) is 0. The second-order valence-corrected chi connectivity index (χ2v) is 5.85. The molecule has 0 aromatic carbocycles. The van der Waals surface area contributed by atoms with Crippen LogP contribution in [0.1, 0.15) is 46.0 Å². The maximum Gasteiger partial charge on any atom is 0.158 e. The quantitative estimate of drug-likeness (QED) is 0.550. The Balaban J connectivity index is 2.13. The fourth-order valence-electron chi connectivity index (χ4n) is 3.81. The van der Waals surface area contributed by atoms with Crippen LogP contribution in [0.3, 0.4) is 0 Å². The minimum absolute atomic E-state index is 0.283. The van der Waals surface area contributed by atoms with E-state index >= 15 is 0 Å². The number of hydrogen-bond acceptors (Lipinski definition) is 1. The molecule has 1 heteroatoms. The zero-order valence-corrected chi connectivity index (χ0v) is 9.60. The predicted molar refractivity (Wildman–Crippen MR) is 60.5 cm³/mol. The van der Waals surface area contributed by atoms with Crippen LogP contribution in [-0.4, -0.2) is 5.78 Å². The lowest BCUT2D eigenvalue weighted by molar-refractivity contribution is -0.116. The van der Waals surface area contributed by atoms with Crippen LogP contribution in [-0.2, 0) is 4.79 Å². The van der Waals surface area contributed by atoms with Gasteiger partial charge >= 0.3 is 0 Å². The van der Waals surface area contributed by atoms with Crippen molar-refractivity contribution in [3.63, 3.8) is 0 Å². The summed E-state index contributed by atoms with van der Waals surface area (Å²) in [6, 6.07) is 0. The molecule has 0 aromatic rings. The van der Waals surface area contributed by atoms with Crippen molar-refractivity contribution in [2.75, 3.05) is 0 Å². The van der Waals surface area contributed by atoms with E-state index in [1.807, 2.05) is 6.92 Å². The summed E-state index contributed by atoms with van der Waals surface area (Å²) in [6.45, 7) is 4.40. The lowest BCUT2D eigenvalue weighted by atomic mass is 9.60. The van der Waals surface area contributed by atoms with E-state index in [1.165, 1.54) is 18.4 Å². The van der Waals surface area contributed by atoms with Gasteiger partial charge in [0.2, 0.25) is 0 Å². The van der Waals surface area contributed by atoms with E-state index in [2.05, 4.69) is 19.1 Å². The van der Waals surface area contributed by atoms with Crippen molar-refractivity contribution in [1.29, 1.82) is 0 Å². The largest absolute Gasteiger partial charge is 0.295 e. The summed E-state index contributed by atoms with van der Waals surface area (Å²) in [5.41, 5.74) is 3.25. The van der Waals surface area contributed by atoms with Crippen molar-refractivity contribution in [1.82, 2.24) is 0 Å². The van der Waals surface area contributed by atoms with Gasteiger partial charge in [0.15, 0.2) is 5.78 Å². The van der Waals surface area contributed by atoms with Gasteiger partial charge in [0.1, 0.15) is 0 Å². The number of hydrogen-bond donors (Lipinski definition) is 0. The van der Waals surface area contributed by atoms with Gasteiger partial charge in [-0.1, -0.05) is 24.6 Å². The van der Waals surface area contributed by atoms with Crippen LogP contribution in [0.5, 0.6) is 0 Å². The average Bonchev–Trinajstić information content (AvgIpc) is 2.46. The van der Waals surface area contributed by atoms with Gasteiger partial charge in [-0.3, -0.25) is 4.79 Å². The van der Waals surface area contributed by atoms with E-state index in [0.29, 0.717) is 11.2 Å². The summed E-state index contributed by atoms with van der Waals surface area (Å²) in [5, 5.41) is 0. The molecule has 0 saturated heterocycles. The second kappa shape index (κ2) is 2.63. The Bertz CT molecular complexity index is 402. The molecule has 0 radical (unpaired) electrons. The Morgan fingerprint density at radius 2 is 2.00 bits per heavy atom. The Labute approximate surface area is 91.2 Å². The zero-order valence-electron chi connectivity index (χ0n) is 9.60. The summed E-state index contributed by atoms with van der Waals surface area (Å²) in [5.74, 6) is 0.388. The van der Waals surface area contributed by atoms with E-state index in [0.717, 1.165) is 24.8 Å². The Morgan fingerprint density at radius 3 is 2.80 bits per heavy atom. The molecule has 3 aliphatic rings. The van der Waals surface area contributed by atoms with Gasteiger partial charge in [-0.2, -0.15) is 0 Å². The SMILES string of the molecule is CC1=C2CCC3(C)C=CC2(CCC1=O)C3. The van der Waals surface area contributed by atoms with Gasteiger partial charge in [0.05, 0.1) is 0 Å². The number of carbonyl (C=O) groups excluding carboxylic acids is 1. The van der Waals surface area contributed by atoms with Gasteiger partial charge in [-0.15, -0.1) is 0 Å². The molecule has 0 aromatic heterocycles. The van der Waals surface area contributed by atoms with E-state index < -0.39 is 0 Å². The highest BCUT2D eigenvalue weighted by Crippen LogP contribution is 2.60. The summed E-state index contributed by atoms with van der Waals surface area (Å²) < 4.78 is 0. The van der Waals surface area contributed by atoms with Crippen molar-refractivity contribution < 1.29 is 4.79 Å².